The van der Waals surface area contributed by atoms with E-state index in [2.05, 4.69) is 15.3 Å². The zero-order valence-electron chi connectivity index (χ0n) is 17.7. The molecule has 4 rings (SSSR count). The second-order valence-corrected chi connectivity index (χ2v) is 8.00. The van der Waals surface area contributed by atoms with Crippen molar-refractivity contribution in [2.45, 2.75) is 32.4 Å². The molecule has 0 radical (unpaired) electrons. The molecule has 0 spiro atoms. The number of pyridine rings is 3. The largest absolute Gasteiger partial charge is 0.311 e. The first kappa shape index (κ1) is 21.7. The highest BCUT2D eigenvalue weighted by Gasteiger charge is 2.43. The Bertz CT molecular complexity index is 1290. The number of anilines is 1. The number of hydrogen-bond donors (Lipinski definition) is 1. The fourth-order valence-corrected chi connectivity index (χ4v) is 3.63. The smallest absolute Gasteiger partial charge is 0.258 e. The average Bonchev–Trinajstić information content (AvgIpc) is 3.51. The molecular formula is C23H22F2N4O3. The maximum atomic E-state index is 13.1. The molecule has 3 aromatic rings. The van der Waals surface area contributed by atoms with E-state index < -0.39 is 24.7 Å². The predicted molar refractivity (Wildman–Crippen MR) is 116 cm³/mol. The fraction of sp³-hybridized carbons (Fsp3) is 0.348. The number of nitrogens with one attached hydrogen (secondary N) is 1. The van der Waals surface area contributed by atoms with Gasteiger partial charge in [0.15, 0.2) is 5.78 Å². The van der Waals surface area contributed by atoms with E-state index in [1.807, 2.05) is 0 Å². The van der Waals surface area contributed by atoms with Crippen LogP contribution in [0.4, 0.5) is 14.6 Å². The first-order valence-corrected chi connectivity index (χ1v) is 10.3. The topological polar surface area (TPSA) is 93.9 Å². The number of aromatic nitrogens is 3. The molecular weight excluding hydrogens is 418 g/mol. The van der Waals surface area contributed by atoms with Gasteiger partial charge in [-0.2, -0.15) is 0 Å². The van der Waals surface area contributed by atoms with Crippen molar-refractivity contribution in [1.82, 2.24) is 14.5 Å². The second kappa shape index (κ2) is 8.57. The average molecular weight is 440 g/mol. The van der Waals surface area contributed by atoms with Crippen LogP contribution in [0.25, 0.3) is 22.0 Å². The highest BCUT2D eigenvalue weighted by Crippen LogP contribution is 2.34. The minimum absolute atomic E-state index is 0.0807. The molecule has 0 unspecified atom stereocenters. The third kappa shape index (κ3) is 4.15. The second-order valence-electron chi connectivity index (χ2n) is 8.00. The van der Waals surface area contributed by atoms with Gasteiger partial charge in [0.05, 0.1) is 18.1 Å². The molecule has 0 aromatic carbocycles. The molecule has 1 aliphatic carbocycles. The normalized spacial score (nSPS) is 17.4. The zero-order chi connectivity index (χ0) is 23.0. The van der Waals surface area contributed by atoms with Gasteiger partial charge >= 0.3 is 0 Å². The van der Waals surface area contributed by atoms with Crippen molar-refractivity contribution >= 4 is 28.4 Å². The molecule has 9 heteroatoms. The van der Waals surface area contributed by atoms with Crippen molar-refractivity contribution in [3.8, 4) is 11.1 Å². The van der Waals surface area contributed by atoms with Crippen LogP contribution in [-0.2, 0) is 11.8 Å². The minimum atomic E-state index is -1.11. The Hall–Kier alpha value is -3.49. The number of hydrogen-bond acceptors (Lipinski definition) is 5. The highest BCUT2D eigenvalue weighted by molar-refractivity contribution is 5.96. The Kier molecular flexibility index (Phi) is 5.82. The van der Waals surface area contributed by atoms with E-state index in [1.165, 1.54) is 17.0 Å². The molecule has 1 fully saturated rings. The Morgan fingerprint density at radius 2 is 1.94 bits per heavy atom. The fourth-order valence-electron chi connectivity index (χ4n) is 3.63. The molecule has 3 aromatic heterocycles. The molecule has 1 aliphatic rings. The summed E-state index contributed by atoms with van der Waals surface area (Å²) in [6.07, 6.45) is 2.35. The van der Waals surface area contributed by atoms with Crippen LogP contribution in [-0.4, -0.2) is 39.1 Å². The number of halogens is 2. The molecule has 32 heavy (non-hydrogen) atoms. The summed E-state index contributed by atoms with van der Waals surface area (Å²) < 4.78 is 26.9. The number of amides is 1. The Morgan fingerprint density at radius 3 is 2.59 bits per heavy atom. The van der Waals surface area contributed by atoms with E-state index in [0.717, 1.165) is 0 Å². The molecule has 1 N–H and O–H groups in total. The van der Waals surface area contributed by atoms with Crippen LogP contribution in [0.1, 0.15) is 35.3 Å². The standard InChI is InChI=1S/C23H22F2N4O3/c1-12-6-18(20(30)4-3-5-24)26-11-16(12)14-7-13-10-27-21(9-19(13)29(2)23(14)32)28-22(31)15-8-17(15)25/h6-7,9-11,15,17H,3-5,8H2,1-2H3,(H,27,28,31)/t15-,17+/m0/s1. The monoisotopic (exact) mass is 440 g/mol. The molecule has 3 heterocycles. The minimum Gasteiger partial charge on any atom is -0.311 e. The van der Waals surface area contributed by atoms with Crippen LogP contribution in [0, 0.1) is 12.8 Å². The van der Waals surface area contributed by atoms with Gasteiger partial charge in [0, 0.05) is 48.4 Å². The third-order valence-corrected chi connectivity index (χ3v) is 5.63. The van der Waals surface area contributed by atoms with E-state index in [4.69, 9.17) is 0 Å². The number of rotatable bonds is 7. The molecule has 0 saturated heterocycles. The summed E-state index contributed by atoms with van der Waals surface area (Å²) >= 11 is 0. The SMILES string of the molecule is Cc1cc(C(=O)CCCF)ncc1-c1cc2cnc(NC(=O)[C@H]3C[C@H]3F)cc2n(C)c1=O. The van der Waals surface area contributed by atoms with Crippen molar-refractivity contribution in [1.29, 1.82) is 0 Å². The van der Waals surface area contributed by atoms with Crippen LogP contribution >= 0.6 is 0 Å². The van der Waals surface area contributed by atoms with E-state index in [9.17, 15) is 23.2 Å². The quantitative estimate of drug-likeness (QED) is 0.568. The summed E-state index contributed by atoms with van der Waals surface area (Å²) in [6.45, 7) is 1.21. The predicted octanol–water partition coefficient (Wildman–Crippen LogP) is 3.53. The van der Waals surface area contributed by atoms with Crippen molar-refractivity contribution < 1.29 is 18.4 Å². The van der Waals surface area contributed by atoms with E-state index in [1.54, 1.807) is 32.2 Å². The van der Waals surface area contributed by atoms with E-state index >= 15 is 0 Å². The molecule has 7 nitrogen and oxygen atoms in total. The molecule has 1 saturated carbocycles. The number of Topliss-reactive ketones (excluding diaryl/α,β-unsaturated/α-hetero) is 1. The van der Waals surface area contributed by atoms with Crippen molar-refractivity contribution in [3.63, 3.8) is 0 Å². The van der Waals surface area contributed by atoms with Gasteiger partial charge in [-0.3, -0.25) is 23.8 Å². The summed E-state index contributed by atoms with van der Waals surface area (Å²) in [7, 11) is 1.61. The number of aryl methyl sites for hydroxylation is 2. The summed E-state index contributed by atoms with van der Waals surface area (Å²) in [5, 5.41) is 3.25. The zero-order valence-corrected chi connectivity index (χ0v) is 17.7. The lowest BCUT2D eigenvalue weighted by atomic mass is 10.0. The number of carbonyl (C=O) groups is 2. The maximum Gasteiger partial charge on any atom is 0.258 e. The van der Waals surface area contributed by atoms with Crippen molar-refractivity contribution in [2.75, 3.05) is 12.0 Å². The van der Waals surface area contributed by atoms with Crippen LogP contribution < -0.4 is 10.9 Å². The summed E-state index contributed by atoms with van der Waals surface area (Å²) in [5.41, 5.74) is 2.18. The van der Waals surface area contributed by atoms with Gasteiger partial charge in [-0.15, -0.1) is 0 Å². The first-order chi connectivity index (χ1) is 15.3. The van der Waals surface area contributed by atoms with Gasteiger partial charge < -0.3 is 9.88 Å². The molecule has 2 atom stereocenters. The van der Waals surface area contributed by atoms with Crippen LogP contribution in [0.2, 0.25) is 0 Å². The van der Waals surface area contributed by atoms with E-state index in [-0.39, 0.29) is 42.1 Å². The lowest BCUT2D eigenvalue weighted by Gasteiger charge is -2.12. The maximum absolute atomic E-state index is 13.1. The first-order valence-electron chi connectivity index (χ1n) is 10.3. The lowest BCUT2D eigenvalue weighted by molar-refractivity contribution is -0.117. The van der Waals surface area contributed by atoms with Gasteiger partial charge in [-0.25, -0.2) is 9.37 Å². The number of fused-ring (bicyclic) bond motifs is 1. The molecule has 0 aliphatic heterocycles. The van der Waals surface area contributed by atoms with Crippen LogP contribution in [0.3, 0.4) is 0 Å². The summed E-state index contributed by atoms with van der Waals surface area (Å²) in [5.74, 6) is -1.05. The number of alkyl halides is 2. The Morgan fingerprint density at radius 1 is 1.19 bits per heavy atom. The van der Waals surface area contributed by atoms with Gasteiger partial charge in [0.2, 0.25) is 5.91 Å². The van der Waals surface area contributed by atoms with E-state index in [0.29, 0.717) is 27.6 Å². The Balaban J connectivity index is 1.67. The van der Waals surface area contributed by atoms with Crippen molar-refractivity contribution in [2.24, 2.45) is 13.0 Å². The summed E-state index contributed by atoms with van der Waals surface area (Å²) in [4.78, 5) is 45.5. The number of nitrogens with zero attached hydrogens (tertiary/aromatic N) is 3. The highest BCUT2D eigenvalue weighted by atomic mass is 19.1. The summed E-state index contributed by atoms with van der Waals surface area (Å²) in [6, 6.07) is 4.86. The molecule has 1 amide bonds. The van der Waals surface area contributed by atoms with Crippen LogP contribution in [0.5, 0.6) is 0 Å². The van der Waals surface area contributed by atoms with Crippen molar-refractivity contribution in [3.05, 3.63) is 52.2 Å². The lowest BCUT2D eigenvalue weighted by Crippen LogP contribution is -2.20. The molecule has 166 valence electrons. The van der Waals surface area contributed by atoms with Gasteiger partial charge in [-0.05, 0) is 37.5 Å². The third-order valence-electron chi connectivity index (χ3n) is 5.63. The van der Waals surface area contributed by atoms with Gasteiger partial charge in [0.25, 0.3) is 5.56 Å². The number of carbonyl (C=O) groups excluding carboxylic acids is 2. The Labute approximate surface area is 182 Å². The van der Waals surface area contributed by atoms with Crippen LogP contribution in [0.15, 0.2) is 35.4 Å². The van der Waals surface area contributed by atoms with Gasteiger partial charge in [0.1, 0.15) is 17.7 Å². The molecule has 0 bridgehead atoms. The number of ketones is 1. The van der Waals surface area contributed by atoms with Gasteiger partial charge in [-0.1, -0.05) is 0 Å².